The number of carbonyl (C=O) groups excluding carboxylic acids is 2. The molecule has 0 unspecified atom stereocenters. The zero-order valence-corrected chi connectivity index (χ0v) is 10.5. The van der Waals surface area contributed by atoms with Crippen molar-refractivity contribution in [3.8, 4) is 0 Å². The Kier molecular flexibility index (Phi) is 4.45. The second kappa shape index (κ2) is 6.28. The minimum atomic E-state index is -0.213. The molecule has 0 spiro atoms. The lowest BCUT2D eigenvalue weighted by Crippen LogP contribution is -2.37. The smallest absolute Gasteiger partial charge is 0.262 e. The molecule has 0 N–H and O–H groups in total. The highest BCUT2D eigenvalue weighted by molar-refractivity contribution is 6.04. The molecule has 2 rings (SSSR count). The molecule has 1 aromatic heterocycles. The minimum Gasteiger partial charge on any atom is -0.278 e. The number of imide groups is 1. The van der Waals surface area contributed by atoms with Gasteiger partial charge in [0.25, 0.3) is 5.91 Å². The van der Waals surface area contributed by atoms with Gasteiger partial charge in [-0.2, -0.15) is 0 Å². The van der Waals surface area contributed by atoms with E-state index in [1.54, 1.807) is 18.3 Å². The third kappa shape index (κ3) is 3.15. The van der Waals surface area contributed by atoms with E-state index in [1.807, 2.05) is 0 Å². The summed E-state index contributed by atoms with van der Waals surface area (Å²) >= 11 is 0. The fraction of sp³-hybridized carbons (Fsp3) is 0.500. The molecule has 0 radical (unpaired) electrons. The van der Waals surface area contributed by atoms with Gasteiger partial charge in [0.2, 0.25) is 5.91 Å². The summed E-state index contributed by atoms with van der Waals surface area (Å²) in [6.07, 6.45) is 8.73. The number of amides is 2. The molecule has 1 fully saturated rings. The van der Waals surface area contributed by atoms with Crippen LogP contribution in [0.1, 0.15) is 48.9 Å². The van der Waals surface area contributed by atoms with Crippen molar-refractivity contribution >= 4 is 11.8 Å². The molecule has 0 aliphatic carbocycles. The van der Waals surface area contributed by atoms with Crippen LogP contribution in [0.2, 0.25) is 0 Å². The first kappa shape index (κ1) is 12.7. The fourth-order valence-electron chi connectivity index (χ4n) is 2.20. The van der Waals surface area contributed by atoms with Crippen LogP contribution in [0.5, 0.6) is 0 Å². The second-order valence-corrected chi connectivity index (χ2v) is 4.61. The molecule has 2 heterocycles. The lowest BCUT2D eigenvalue weighted by Gasteiger charge is -2.19. The number of hydrogen-bond acceptors (Lipinski definition) is 3. The molecule has 1 aliphatic heterocycles. The van der Waals surface area contributed by atoms with E-state index in [2.05, 4.69) is 4.98 Å². The van der Waals surface area contributed by atoms with Crippen LogP contribution in [0.4, 0.5) is 0 Å². The molecule has 0 aromatic carbocycles. The van der Waals surface area contributed by atoms with Gasteiger partial charge in [-0.15, -0.1) is 0 Å². The molecule has 2 amide bonds. The highest BCUT2D eigenvalue weighted by atomic mass is 16.2. The van der Waals surface area contributed by atoms with Gasteiger partial charge in [-0.25, -0.2) is 0 Å². The van der Waals surface area contributed by atoms with Crippen LogP contribution in [-0.2, 0) is 4.79 Å². The highest BCUT2D eigenvalue weighted by Crippen LogP contribution is 2.14. The Morgan fingerprint density at radius 2 is 1.94 bits per heavy atom. The van der Waals surface area contributed by atoms with Crippen LogP contribution < -0.4 is 0 Å². The summed E-state index contributed by atoms with van der Waals surface area (Å²) in [5.41, 5.74) is 0.491. The predicted molar refractivity (Wildman–Crippen MR) is 68.0 cm³/mol. The quantitative estimate of drug-likeness (QED) is 0.715. The summed E-state index contributed by atoms with van der Waals surface area (Å²) in [6.45, 7) is 0.534. The van der Waals surface area contributed by atoms with Crippen molar-refractivity contribution in [2.24, 2.45) is 0 Å². The molecule has 1 saturated heterocycles. The molecule has 1 aliphatic rings. The van der Waals surface area contributed by atoms with Gasteiger partial charge in [0.1, 0.15) is 0 Å². The Morgan fingerprint density at radius 3 is 2.72 bits per heavy atom. The number of aromatic nitrogens is 1. The Hall–Kier alpha value is -1.71. The summed E-state index contributed by atoms with van der Waals surface area (Å²) in [5.74, 6) is -0.263. The Bertz CT molecular complexity index is 417. The topological polar surface area (TPSA) is 50.3 Å². The lowest BCUT2D eigenvalue weighted by atomic mass is 10.1. The van der Waals surface area contributed by atoms with E-state index in [1.165, 1.54) is 11.1 Å². The monoisotopic (exact) mass is 246 g/mol. The van der Waals surface area contributed by atoms with Crippen LogP contribution in [0.15, 0.2) is 24.5 Å². The number of carbonyl (C=O) groups is 2. The zero-order chi connectivity index (χ0) is 12.8. The number of rotatable bonds is 1. The number of pyridine rings is 1. The van der Waals surface area contributed by atoms with E-state index in [-0.39, 0.29) is 11.8 Å². The van der Waals surface area contributed by atoms with Crippen molar-refractivity contribution in [3.63, 3.8) is 0 Å². The van der Waals surface area contributed by atoms with Gasteiger partial charge >= 0.3 is 0 Å². The third-order valence-corrected chi connectivity index (χ3v) is 3.23. The lowest BCUT2D eigenvalue weighted by molar-refractivity contribution is -0.128. The van der Waals surface area contributed by atoms with E-state index in [0.717, 1.165) is 32.1 Å². The van der Waals surface area contributed by atoms with Gasteiger partial charge in [-0.3, -0.25) is 19.5 Å². The zero-order valence-electron chi connectivity index (χ0n) is 10.5. The predicted octanol–water partition coefficient (Wildman–Crippen LogP) is 2.40. The molecule has 0 bridgehead atoms. The first-order chi connectivity index (χ1) is 8.79. The van der Waals surface area contributed by atoms with E-state index in [4.69, 9.17) is 0 Å². The fourth-order valence-corrected chi connectivity index (χ4v) is 2.20. The summed E-state index contributed by atoms with van der Waals surface area (Å²) in [6, 6.07) is 3.42. The Morgan fingerprint density at radius 1 is 1.17 bits per heavy atom. The molecular weight excluding hydrogens is 228 g/mol. The normalized spacial score (nSPS) is 17.8. The van der Waals surface area contributed by atoms with Crippen molar-refractivity contribution in [1.82, 2.24) is 9.88 Å². The van der Waals surface area contributed by atoms with E-state index >= 15 is 0 Å². The van der Waals surface area contributed by atoms with E-state index < -0.39 is 0 Å². The first-order valence-electron chi connectivity index (χ1n) is 6.54. The van der Waals surface area contributed by atoms with Gasteiger partial charge in [0.15, 0.2) is 0 Å². The van der Waals surface area contributed by atoms with E-state index in [9.17, 15) is 9.59 Å². The minimum absolute atomic E-state index is 0.0502. The first-order valence-corrected chi connectivity index (χ1v) is 6.54. The average molecular weight is 246 g/mol. The number of hydrogen-bond donors (Lipinski definition) is 0. The summed E-state index contributed by atoms with van der Waals surface area (Å²) in [4.78, 5) is 29.6. The molecule has 4 heteroatoms. The van der Waals surface area contributed by atoms with Crippen LogP contribution in [0, 0.1) is 0 Å². The summed E-state index contributed by atoms with van der Waals surface area (Å²) in [7, 11) is 0. The molecule has 0 atom stereocenters. The van der Waals surface area contributed by atoms with Gasteiger partial charge in [-0.05, 0) is 25.0 Å². The van der Waals surface area contributed by atoms with Crippen LogP contribution in [0.25, 0.3) is 0 Å². The highest BCUT2D eigenvalue weighted by Gasteiger charge is 2.22. The Balaban J connectivity index is 2.12. The maximum absolute atomic E-state index is 12.3. The molecule has 4 nitrogen and oxygen atoms in total. The molecule has 0 saturated carbocycles. The molecule has 18 heavy (non-hydrogen) atoms. The van der Waals surface area contributed by atoms with Crippen molar-refractivity contribution in [1.29, 1.82) is 0 Å². The van der Waals surface area contributed by atoms with Gasteiger partial charge in [-0.1, -0.05) is 19.3 Å². The largest absolute Gasteiger partial charge is 0.278 e. The van der Waals surface area contributed by atoms with Gasteiger partial charge in [0.05, 0.1) is 5.56 Å². The standard InChI is InChI=1S/C14H18N2O2/c17-13-8-4-2-1-3-5-10-16(13)14(18)12-7-6-9-15-11-12/h6-7,9,11H,1-5,8,10H2. The Labute approximate surface area is 107 Å². The average Bonchev–Trinajstić information content (AvgIpc) is 2.51. The van der Waals surface area contributed by atoms with Gasteiger partial charge in [0, 0.05) is 25.4 Å². The molecule has 1 aromatic rings. The van der Waals surface area contributed by atoms with Crippen molar-refractivity contribution in [3.05, 3.63) is 30.1 Å². The maximum Gasteiger partial charge on any atom is 0.262 e. The summed E-state index contributed by atoms with van der Waals surface area (Å²) < 4.78 is 0. The van der Waals surface area contributed by atoms with Crippen LogP contribution in [0.3, 0.4) is 0 Å². The number of nitrogens with zero attached hydrogens (tertiary/aromatic N) is 2. The van der Waals surface area contributed by atoms with Crippen LogP contribution >= 0.6 is 0 Å². The van der Waals surface area contributed by atoms with Gasteiger partial charge < -0.3 is 0 Å². The second-order valence-electron chi connectivity index (χ2n) is 4.61. The maximum atomic E-state index is 12.3. The third-order valence-electron chi connectivity index (χ3n) is 3.23. The molecule has 96 valence electrons. The summed E-state index contributed by atoms with van der Waals surface area (Å²) in [5, 5.41) is 0. The van der Waals surface area contributed by atoms with Crippen LogP contribution in [-0.4, -0.2) is 28.2 Å². The van der Waals surface area contributed by atoms with Crippen molar-refractivity contribution < 1.29 is 9.59 Å². The van der Waals surface area contributed by atoms with E-state index in [0.29, 0.717) is 18.5 Å². The van der Waals surface area contributed by atoms with Crippen molar-refractivity contribution in [2.45, 2.75) is 38.5 Å². The molecular formula is C14H18N2O2. The SMILES string of the molecule is O=C1CCCCCCCN1C(=O)c1cccnc1. The van der Waals surface area contributed by atoms with Crippen molar-refractivity contribution in [2.75, 3.05) is 6.54 Å².